The predicted molar refractivity (Wildman–Crippen MR) is 57.6 cm³/mol. The van der Waals surface area contributed by atoms with Crippen LogP contribution in [0.15, 0.2) is 17.5 Å². The van der Waals surface area contributed by atoms with Crippen LogP contribution in [0.2, 0.25) is 0 Å². The highest BCUT2D eigenvalue weighted by Gasteiger charge is 2.11. The fourth-order valence-corrected chi connectivity index (χ4v) is 1.75. The Morgan fingerprint density at radius 2 is 2.14 bits per heavy atom. The van der Waals surface area contributed by atoms with Crippen LogP contribution in [0.5, 0.6) is 0 Å². The second-order valence-corrected chi connectivity index (χ2v) is 4.03. The summed E-state index contributed by atoms with van der Waals surface area (Å²) in [7, 11) is 1.73. The normalized spacial score (nSPS) is 9.86. The summed E-state index contributed by atoms with van der Waals surface area (Å²) in [5.41, 5.74) is 0. The zero-order valence-electron chi connectivity index (χ0n) is 8.32. The van der Waals surface area contributed by atoms with Crippen LogP contribution in [0.25, 0.3) is 0 Å². The second kappa shape index (κ2) is 4.91. The lowest BCUT2D eigenvalue weighted by Crippen LogP contribution is -2.25. The van der Waals surface area contributed by atoms with Crippen LogP contribution in [0.3, 0.4) is 0 Å². The van der Waals surface area contributed by atoms with Gasteiger partial charge in [-0.25, -0.2) is 0 Å². The van der Waals surface area contributed by atoms with E-state index in [4.69, 9.17) is 0 Å². The molecule has 0 aromatic carbocycles. The van der Waals surface area contributed by atoms with E-state index in [-0.39, 0.29) is 11.7 Å². The smallest absolute Gasteiger partial charge is 0.227 e. The first-order valence-corrected chi connectivity index (χ1v) is 5.28. The zero-order valence-corrected chi connectivity index (χ0v) is 9.13. The third-order valence-electron chi connectivity index (χ3n) is 1.90. The number of hydrogen-bond acceptors (Lipinski definition) is 3. The van der Waals surface area contributed by atoms with Gasteiger partial charge in [-0.3, -0.25) is 4.79 Å². The molecule has 0 aliphatic heterocycles. The van der Waals surface area contributed by atoms with Crippen LogP contribution in [0, 0.1) is 0 Å². The lowest BCUT2D eigenvalue weighted by atomic mass is 10.2. The number of hydrogen-bond donors (Lipinski definition) is 0. The molecule has 1 rings (SSSR count). The van der Waals surface area contributed by atoms with Crippen molar-refractivity contribution in [1.29, 1.82) is 0 Å². The quantitative estimate of drug-likeness (QED) is 0.764. The number of thiophene rings is 1. The first kappa shape index (κ1) is 10.9. The van der Waals surface area contributed by atoms with Crippen molar-refractivity contribution in [3.63, 3.8) is 0 Å². The lowest BCUT2D eigenvalue weighted by Gasteiger charge is -2.14. The van der Waals surface area contributed by atoms with Crippen molar-refractivity contribution in [2.24, 2.45) is 0 Å². The summed E-state index contributed by atoms with van der Waals surface area (Å²) in [6.07, 6.45) is 0.623. The Kier molecular flexibility index (Phi) is 3.83. The molecule has 0 N–H and O–H groups in total. The van der Waals surface area contributed by atoms with Gasteiger partial charge in [0.25, 0.3) is 0 Å². The van der Waals surface area contributed by atoms with E-state index in [1.807, 2.05) is 17.5 Å². The number of carbonyl (C=O) groups excluding carboxylic acids is 2. The Morgan fingerprint density at radius 3 is 2.64 bits per heavy atom. The van der Waals surface area contributed by atoms with Crippen molar-refractivity contribution in [1.82, 2.24) is 0 Å². The largest absolute Gasteiger partial charge is 0.307 e. The molecule has 1 heterocycles. The molecule has 14 heavy (non-hydrogen) atoms. The molecule has 0 bridgehead atoms. The van der Waals surface area contributed by atoms with E-state index in [2.05, 4.69) is 0 Å². The fraction of sp³-hybridized carbons (Fsp3) is 0.400. The number of amides is 1. The summed E-state index contributed by atoms with van der Waals surface area (Å²) in [5, 5.41) is 2.84. The van der Waals surface area contributed by atoms with Gasteiger partial charge in [-0.2, -0.15) is 0 Å². The first-order chi connectivity index (χ1) is 6.61. The Balaban J connectivity index is 2.49. The van der Waals surface area contributed by atoms with Gasteiger partial charge < -0.3 is 9.69 Å². The number of rotatable bonds is 4. The van der Waals surface area contributed by atoms with Crippen LogP contribution in [-0.4, -0.2) is 18.7 Å². The van der Waals surface area contributed by atoms with Crippen LogP contribution in [-0.2, 0) is 9.59 Å². The predicted octanol–water partition coefficient (Wildman–Crippen LogP) is 2.08. The summed E-state index contributed by atoms with van der Waals surface area (Å²) in [6, 6.07) is 3.78. The topological polar surface area (TPSA) is 37.4 Å². The monoisotopic (exact) mass is 211 g/mol. The average Bonchev–Trinajstić information content (AvgIpc) is 2.65. The molecular formula is C10H13NO2S. The number of Topliss-reactive ketones (excluding diaryl/α,β-unsaturated/α-hetero) is 1. The Morgan fingerprint density at radius 1 is 1.43 bits per heavy atom. The van der Waals surface area contributed by atoms with Gasteiger partial charge in [-0.15, -0.1) is 11.3 Å². The van der Waals surface area contributed by atoms with E-state index in [0.29, 0.717) is 12.8 Å². The van der Waals surface area contributed by atoms with Crippen molar-refractivity contribution in [3.8, 4) is 0 Å². The van der Waals surface area contributed by atoms with E-state index < -0.39 is 0 Å². The molecule has 0 atom stereocenters. The molecule has 0 radical (unpaired) electrons. The lowest BCUT2D eigenvalue weighted by molar-refractivity contribution is -0.122. The molecule has 1 aromatic heterocycles. The van der Waals surface area contributed by atoms with Crippen molar-refractivity contribution in [2.45, 2.75) is 19.8 Å². The minimum atomic E-state index is -0.0114. The molecule has 1 amide bonds. The fourth-order valence-electron chi connectivity index (χ4n) is 1.03. The van der Waals surface area contributed by atoms with Crippen molar-refractivity contribution >= 4 is 28.0 Å². The molecule has 0 saturated heterocycles. The van der Waals surface area contributed by atoms with Gasteiger partial charge in [0, 0.05) is 19.9 Å². The molecule has 3 nitrogen and oxygen atoms in total. The van der Waals surface area contributed by atoms with Crippen LogP contribution >= 0.6 is 11.3 Å². The standard InChI is InChI=1S/C10H13NO2S/c1-8(12)5-6-9(13)11(2)10-4-3-7-14-10/h3-4,7H,5-6H2,1-2H3. The summed E-state index contributed by atoms with van der Waals surface area (Å²) < 4.78 is 0. The highest BCUT2D eigenvalue weighted by molar-refractivity contribution is 7.14. The second-order valence-electron chi connectivity index (χ2n) is 3.11. The van der Waals surface area contributed by atoms with Gasteiger partial charge in [0.15, 0.2) is 0 Å². The van der Waals surface area contributed by atoms with Crippen molar-refractivity contribution < 1.29 is 9.59 Å². The molecule has 0 spiro atoms. The molecule has 4 heteroatoms. The van der Waals surface area contributed by atoms with Crippen molar-refractivity contribution in [3.05, 3.63) is 17.5 Å². The van der Waals surface area contributed by atoms with Crippen LogP contribution in [0.1, 0.15) is 19.8 Å². The molecule has 0 unspecified atom stereocenters. The van der Waals surface area contributed by atoms with E-state index in [1.54, 1.807) is 11.9 Å². The van der Waals surface area contributed by atoms with Gasteiger partial charge in [0.1, 0.15) is 5.78 Å². The molecule has 0 fully saturated rings. The minimum absolute atomic E-state index is 0.0114. The van der Waals surface area contributed by atoms with Crippen LogP contribution < -0.4 is 4.90 Å². The van der Waals surface area contributed by atoms with E-state index in [1.165, 1.54) is 18.3 Å². The van der Waals surface area contributed by atoms with E-state index in [9.17, 15) is 9.59 Å². The number of nitrogens with zero attached hydrogens (tertiary/aromatic N) is 1. The zero-order chi connectivity index (χ0) is 10.6. The van der Waals surface area contributed by atoms with E-state index >= 15 is 0 Å². The molecule has 1 aromatic rings. The Bertz CT molecular complexity index is 319. The summed E-state index contributed by atoms with van der Waals surface area (Å²) in [6.45, 7) is 1.50. The average molecular weight is 211 g/mol. The SMILES string of the molecule is CC(=O)CCC(=O)N(C)c1cccs1. The maximum atomic E-state index is 11.5. The Hall–Kier alpha value is -1.16. The molecule has 0 aliphatic carbocycles. The third kappa shape index (κ3) is 2.96. The van der Waals surface area contributed by atoms with Crippen molar-refractivity contribution in [2.75, 3.05) is 11.9 Å². The van der Waals surface area contributed by atoms with Gasteiger partial charge in [0.2, 0.25) is 5.91 Å². The maximum absolute atomic E-state index is 11.5. The highest BCUT2D eigenvalue weighted by Crippen LogP contribution is 2.20. The molecule has 0 aliphatic rings. The summed E-state index contributed by atoms with van der Waals surface area (Å²) >= 11 is 1.51. The minimum Gasteiger partial charge on any atom is -0.307 e. The van der Waals surface area contributed by atoms with Gasteiger partial charge in [0.05, 0.1) is 5.00 Å². The molecule has 0 saturated carbocycles. The molecule has 76 valence electrons. The number of carbonyl (C=O) groups is 2. The van der Waals surface area contributed by atoms with Crippen LogP contribution in [0.4, 0.5) is 5.00 Å². The summed E-state index contributed by atoms with van der Waals surface area (Å²) in [5.74, 6) is 0.0422. The van der Waals surface area contributed by atoms with E-state index in [0.717, 1.165) is 5.00 Å². The summed E-state index contributed by atoms with van der Waals surface area (Å²) in [4.78, 5) is 23.8. The maximum Gasteiger partial charge on any atom is 0.227 e. The third-order valence-corrected chi connectivity index (χ3v) is 2.85. The Labute approximate surface area is 87.3 Å². The van der Waals surface area contributed by atoms with Gasteiger partial charge >= 0.3 is 0 Å². The highest BCUT2D eigenvalue weighted by atomic mass is 32.1. The number of anilines is 1. The van der Waals surface area contributed by atoms with Gasteiger partial charge in [-0.1, -0.05) is 0 Å². The first-order valence-electron chi connectivity index (χ1n) is 4.40. The van der Waals surface area contributed by atoms with Gasteiger partial charge in [-0.05, 0) is 24.4 Å². The molecular weight excluding hydrogens is 198 g/mol. The number of ketones is 1.